The molecule has 0 bridgehead atoms. The second-order valence-corrected chi connectivity index (χ2v) is 7.51. The number of hydrogen-bond acceptors (Lipinski definition) is 4. The second kappa shape index (κ2) is 7.98. The lowest BCUT2D eigenvalue weighted by atomic mass is 10.0. The minimum absolute atomic E-state index is 0.224. The number of benzene rings is 2. The molecule has 4 rings (SSSR count). The highest BCUT2D eigenvalue weighted by Gasteiger charge is 2.39. The van der Waals surface area contributed by atoms with Gasteiger partial charge in [-0.15, -0.1) is 0 Å². The third-order valence-electron chi connectivity index (χ3n) is 5.44. The van der Waals surface area contributed by atoms with Crippen LogP contribution in [-0.4, -0.2) is 34.7 Å². The van der Waals surface area contributed by atoms with Crippen molar-refractivity contribution >= 4 is 29.4 Å². The Kier molecular flexibility index (Phi) is 5.22. The third-order valence-corrected chi connectivity index (χ3v) is 5.44. The molecule has 1 saturated heterocycles. The molecule has 0 saturated carbocycles. The number of aryl methyl sites for hydroxylation is 1. The Morgan fingerprint density at radius 2 is 1.97 bits per heavy atom. The number of nitrogens with zero attached hydrogens (tertiary/aromatic N) is 1. The van der Waals surface area contributed by atoms with E-state index < -0.39 is 11.9 Å². The molecule has 0 aromatic heterocycles. The number of hydrogen-bond donors (Lipinski definition) is 3. The van der Waals surface area contributed by atoms with Crippen LogP contribution in [0.3, 0.4) is 0 Å². The van der Waals surface area contributed by atoms with E-state index in [1.54, 1.807) is 6.07 Å². The molecule has 1 atom stereocenters. The molecule has 0 aliphatic carbocycles. The van der Waals surface area contributed by atoms with Gasteiger partial charge in [0, 0.05) is 30.8 Å². The molecule has 2 aromatic carbocycles. The molecule has 8 nitrogen and oxygen atoms in total. The summed E-state index contributed by atoms with van der Waals surface area (Å²) in [5, 5.41) is 7.89. The number of nitrogens with one attached hydrogen (secondary N) is 3. The zero-order valence-corrected chi connectivity index (χ0v) is 16.5. The van der Waals surface area contributed by atoms with Gasteiger partial charge in [-0.3, -0.25) is 19.7 Å². The molecular weight excluding hydrogens is 384 g/mol. The van der Waals surface area contributed by atoms with E-state index in [1.165, 1.54) is 4.90 Å². The van der Waals surface area contributed by atoms with Crippen molar-refractivity contribution in [3.05, 3.63) is 64.7 Å². The first-order chi connectivity index (χ1) is 14.4. The standard InChI is InChI=1S/C22H22N4O4/c1-13-4-2-3-5-17(13)24-22(30)23-11-14-6-7-15-12-26(21(29)16(15)10-14)18-8-9-19(27)25-20(18)28/h2-7,10,18H,8-9,11-12H2,1H3,(H2,23,24,30)(H,25,27,28). The first-order valence-corrected chi connectivity index (χ1v) is 9.79. The van der Waals surface area contributed by atoms with Crippen molar-refractivity contribution < 1.29 is 19.2 Å². The Hall–Kier alpha value is -3.68. The monoisotopic (exact) mass is 406 g/mol. The van der Waals surface area contributed by atoms with Crippen LogP contribution in [0.15, 0.2) is 42.5 Å². The van der Waals surface area contributed by atoms with Gasteiger partial charge in [-0.25, -0.2) is 4.79 Å². The number of fused-ring (bicyclic) bond motifs is 1. The number of amides is 5. The Bertz CT molecular complexity index is 1050. The molecule has 2 aliphatic heterocycles. The van der Waals surface area contributed by atoms with E-state index in [9.17, 15) is 19.2 Å². The highest BCUT2D eigenvalue weighted by Crippen LogP contribution is 2.28. The van der Waals surface area contributed by atoms with E-state index >= 15 is 0 Å². The van der Waals surface area contributed by atoms with Gasteiger partial charge in [0.05, 0.1) is 0 Å². The van der Waals surface area contributed by atoms with Crippen LogP contribution in [0.1, 0.15) is 39.9 Å². The summed E-state index contributed by atoms with van der Waals surface area (Å²) in [4.78, 5) is 50.0. The molecule has 30 heavy (non-hydrogen) atoms. The van der Waals surface area contributed by atoms with Gasteiger partial charge in [0.25, 0.3) is 5.91 Å². The Labute approximate surface area is 173 Å². The molecule has 2 heterocycles. The number of carbonyl (C=O) groups excluding carboxylic acids is 4. The van der Waals surface area contributed by atoms with Crippen LogP contribution in [-0.2, 0) is 22.7 Å². The van der Waals surface area contributed by atoms with Gasteiger partial charge >= 0.3 is 6.03 Å². The van der Waals surface area contributed by atoms with E-state index in [4.69, 9.17) is 0 Å². The molecule has 5 amide bonds. The van der Waals surface area contributed by atoms with E-state index in [0.717, 1.165) is 22.4 Å². The first-order valence-electron chi connectivity index (χ1n) is 9.79. The van der Waals surface area contributed by atoms with E-state index in [1.807, 2.05) is 43.3 Å². The van der Waals surface area contributed by atoms with Gasteiger partial charge in [0.15, 0.2) is 0 Å². The Balaban J connectivity index is 1.40. The normalized spacial score (nSPS) is 18.1. The highest BCUT2D eigenvalue weighted by molar-refractivity contribution is 6.05. The molecule has 1 unspecified atom stereocenters. The van der Waals surface area contributed by atoms with Gasteiger partial charge in [0.2, 0.25) is 11.8 Å². The van der Waals surface area contributed by atoms with Gasteiger partial charge < -0.3 is 15.5 Å². The summed E-state index contributed by atoms with van der Waals surface area (Å²) >= 11 is 0. The summed E-state index contributed by atoms with van der Waals surface area (Å²) < 4.78 is 0. The van der Waals surface area contributed by atoms with E-state index in [2.05, 4.69) is 16.0 Å². The van der Waals surface area contributed by atoms with Gasteiger partial charge in [-0.05, 0) is 42.2 Å². The largest absolute Gasteiger partial charge is 0.334 e. The number of para-hydroxylation sites is 1. The van der Waals surface area contributed by atoms with Crippen molar-refractivity contribution in [3.8, 4) is 0 Å². The van der Waals surface area contributed by atoms with Crippen molar-refractivity contribution in [3.63, 3.8) is 0 Å². The fourth-order valence-electron chi connectivity index (χ4n) is 3.77. The summed E-state index contributed by atoms with van der Waals surface area (Å²) in [6.07, 6.45) is 0.555. The molecular formula is C22H22N4O4. The van der Waals surface area contributed by atoms with Crippen LogP contribution in [0.4, 0.5) is 10.5 Å². The second-order valence-electron chi connectivity index (χ2n) is 7.51. The predicted molar refractivity (Wildman–Crippen MR) is 110 cm³/mol. The lowest BCUT2D eigenvalue weighted by Crippen LogP contribution is -2.52. The number of piperidine rings is 1. The van der Waals surface area contributed by atoms with Crippen molar-refractivity contribution in [2.45, 2.75) is 38.9 Å². The summed E-state index contributed by atoms with van der Waals surface area (Å²) in [5.41, 5.74) is 3.84. The van der Waals surface area contributed by atoms with Crippen LogP contribution in [0.25, 0.3) is 0 Å². The van der Waals surface area contributed by atoms with Crippen LogP contribution in [0.5, 0.6) is 0 Å². The zero-order valence-electron chi connectivity index (χ0n) is 16.5. The quantitative estimate of drug-likeness (QED) is 0.676. The maximum atomic E-state index is 12.9. The Morgan fingerprint density at radius 3 is 2.73 bits per heavy atom. The van der Waals surface area contributed by atoms with Crippen molar-refractivity contribution in [2.24, 2.45) is 0 Å². The molecule has 2 aliphatic rings. The average Bonchev–Trinajstić information content (AvgIpc) is 3.04. The first kappa shape index (κ1) is 19.6. The summed E-state index contributed by atoms with van der Waals surface area (Å²) in [6, 6.07) is 12.0. The molecule has 8 heteroatoms. The number of urea groups is 1. The number of carbonyl (C=O) groups is 4. The molecule has 3 N–H and O–H groups in total. The molecule has 0 spiro atoms. The van der Waals surface area contributed by atoms with Crippen LogP contribution in [0, 0.1) is 6.92 Å². The minimum atomic E-state index is -0.635. The smallest absolute Gasteiger partial charge is 0.319 e. The van der Waals surface area contributed by atoms with Crippen LogP contribution < -0.4 is 16.0 Å². The molecule has 1 fully saturated rings. The maximum Gasteiger partial charge on any atom is 0.319 e. The lowest BCUT2D eigenvalue weighted by Gasteiger charge is -2.29. The van der Waals surface area contributed by atoms with Crippen molar-refractivity contribution in [2.75, 3.05) is 5.32 Å². The minimum Gasteiger partial charge on any atom is -0.334 e. The van der Waals surface area contributed by atoms with Gasteiger partial charge in [0.1, 0.15) is 6.04 Å². The number of imide groups is 1. The Morgan fingerprint density at radius 1 is 1.17 bits per heavy atom. The highest BCUT2D eigenvalue weighted by atomic mass is 16.2. The number of rotatable bonds is 4. The fourth-order valence-corrected chi connectivity index (χ4v) is 3.77. The molecule has 2 aromatic rings. The maximum absolute atomic E-state index is 12.9. The van der Waals surface area contributed by atoms with Crippen molar-refractivity contribution in [1.82, 2.24) is 15.5 Å². The fraction of sp³-hybridized carbons (Fsp3) is 0.273. The third kappa shape index (κ3) is 3.89. The predicted octanol–water partition coefficient (Wildman–Crippen LogP) is 2.08. The average molecular weight is 406 g/mol. The summed E-state index contributed by atoms with van der Waals surface area (Å²) in [5.74, 6) is -0.967. The van der Waals surface area contributed by atoms with E-state index in [-0.39, 0.29) is 30.8 Å². The van der Waals surface area contributed by atoms with Gasteiger partial charge in [-0.1, -0.05) is 30.3 Å². The molecule has 154 valence electrons. The van der Waals surface area contributed by atoms with Crippen LogP contribution >= 0.6 is 0 Å². The van der Waals surface area contributed by atoms with Crippen molar-refractivity contribution in [1.29, 1.82) is 0 Å². The molecule has 0 radical (unpaired) electrons. The van der Waals surface area contributed by atoms with Crippen LogP contribution in [0.2, 0.25) is 0 Å². The summed E-state index contributed by atoms with van der Waals surface area (Å²) in [6.45, 7) is 2.51. The zero-order chi connectivity index (χ0) is 21.3. The number of anilines is 1. The lowest BCUT2D eigenvalue weighted by molar-refractivity contribution is -0.136. The topological polar surface area (TPSA) is 108 Å². The summed E-state index contributed by atoms with van der Waals surface area (Å²) in [7, 11) is 0. The SMILES string of the molecule is Cc1ccccc1NC(=O)NCc1ccc2c(c1)C(=O)N(C1CCC(=O)NC1=O)C2. The van der Waals surface area contributed by atoms with Gasteiger partial charge in [-0.2, -0.15) is 0 Å². The van der Waals surface area contributed by atoms with E-state index in [0.29, 0.717) is 18.5 Å².